The molecule has 0 bridgehead atoms. The van der Waals surface area contributed by atoms with Crippen LogP contribution in [0.5, 0.6) is 11.5 Å². The molecule has 0 unspecified atom stereocenters. The zero-order valence-corrected chi connectivity index (χ0v) is 19.0. The molecule has 0 aliphatic carbocycles. The Labute approximate surface area is 194 Å². The third-order valence-corrected chi connectivity index (χ3v) is 6.57. The van der Waals surface area contributed by atoms with E-state index in [2.05, 4.69) is 5.32 Å². The second-order valence-electron chi connectivity index (χ2n) is 8.79. The molecule has 2 saturated heterocycles. The van der Waals surface area contributed by atoms with Gasteiger partial charge in [0.15, 0.2) is 0 Å². The molecule has 1 amide bonds. The highest BCUT2D eigenvalue weighted by molar-refractivity contribution is 6.30. The molecule has 2 N–H and O–H groups in total. The van der Waals surface area contributed by atoms with Gasteiger partial charge >= 0.3 is 0 Å². The van der Waals surface area contributed by atoms with Crippen molar-refractivity contribution >= 4 is 17.5 Å². The van der Waals surface area contributed by atoms with Gasteiger partial charge in [0.05, 0.1) is 6.61 Å². The lowest BCUT2D eigenvalue weighted by atomic mass is 9.92. The summed E-state index contributed by atoms with van der Waals surface area (Å²) in [6.07, 6.45) is 3.22. The third-order valence-electron chi connectivity index (χ3n) is 6.33. The topological polar surface area (TPSA) is 71.0 Å². The summed E-state index contributed by atoms with van der Waals surface area (Å²) in [4.78, 5) is 14.7. The maximum atomic E-state index is 12.9. The van der Waals surface area contributed by atoms with Crippen LogP contribution in [0, 0.1) is 5.92 Å². The van der Waals surface area contributed by atoms with Crippen LogP contribution in [0.25, 0.3) is 0 Å². The molecule has 0 spiro atoms. The van der Waals surface area contributed by atoms with Crippen LogP contribution in [0.15, 0.2) is 48.5 Å². The highest BCUT2D eigenvalue weighted by Crippen LogP contribution is 2.26. The van der Waals surface area contributed by atoms with E-state index in [0.717, 1.165) is 38.3 Å². The van der Waals surface area contributed by atoms with Crippen LogP contribution in [0.1, 0.15) is 36.0 Å². The number of amides is 1. The van der Waals surface area contributed by atoms with Crippen molar-refractivity contribution in [3.05, 3.63) is 59.1 Å². The molecule has 0 radical (unpaired) electrons. The maximum Gasteiger partial charge on any atom is 0.253 e. The van der Waals surface area contributed by atoms with E-state index in [-0.39, 0.29) is 12.5 Å². The predicted octanol–water partition coefficient (Wildman–Crippen LogP) is 3.76. The fraction of sp³-hybridized carbons (Fsp3) is 0.480. The summed E-state index contributed by atoms with van der Waals surface area (Å²) in [6.45, 7) is 3.98. The first kappa shape index (κ1) is 22.9. The van der Waals surface area contributed by atoms with Gasteiger partial charge in [-0.2, -0.15) is 0 Å². The van der Waals surface area contributed by atoms with Crippen LogP contribution < -0.4 is 14.8 Å². The Kier molecular flexibility index (Phi) is 7.55. The zero-order valence-electron chi connectivity index (χ0n) is 18.3. The van der Waals surface area contributed by atoms with Crippen molar-refractivity contribution in [2.45, 2.75) is 31.3 Å². The van der Waals surface area contributed by atoms with Crippen LogP contribution in [-0.2, 0) is 0 Å². The van der Waals surface area contributed by atoms with E-state index in [9.17, 15) is 9.90 Å². The van der Waals surface area contributed by atoms with Crippen molar-refractivity contribution in [3.63, 3.8) is 0 Å². The van der Waals surface area contributed by atoms with Crippen molar-refractivity contribution < 1.29 is 19.4 Å². The molecule has 0 atom stereocenters. The first-order valence-corrected chi connectivity index (χ1v) is 11.7. The number of rotatable bonds is 7. The molecule has 2 aliphatic heterocycles. The van der Waals surface area contributed by atoms with Crippen LogP contribution in [-0.4, -0.2) is 60.9 Å². The minimum absolute atomic E-state index is 0.0206. The monoisotopic (exact) mass is 458 g/mol. The molecule has 2 heterocycles. The fourth-order valence-electron chi connectivity index (χ4n) is 4.18. The molecule has 0 saturated carbocycles. The quantitative estimate of drug-likeness (QED) is 0.661. The number of nitrogens with one attached hydrogen (secondary N) is 1. The predicted molar refractivity (Wildman–Crippen MR) is 125 cm³/mol. The van der Waals surface area contributed by atoms with Crippen LogP contribution >= 0.6 is 11.6 Å². The average molecular weight is 459 g/mol. The molecule has 2 aromatic carbocycles. The summed E-state index contributed by atoms with van der Waals surface area (Å²) in [5, 5.41) is 14.8. The Morgan fingerprint density at radius 1 is 1.06 bits per heavy atom. The number of aliphatic hydroxyl groups is 1. The standard InChI is InChI=1S/C25H31ClN2O4/c26-21-2-1-3-23(16-21)32-18-25(30)10-14-28(15-11-25)24(29)20-4-6-22(7-5-20)31-17-19-8-12-27-13-9-19/h1-7,16,19,27,30H,8-15,17-18H2. The van der Waals surface area contributed by atoms with Gasteiger partial charge in [-0.05, 0) is 87.2 Å². The Bertz CT molecular complexity index is 891. The van der Waals surface area contributed by atoms with Gasteiger partial charge in [-0.1, -0.05) is 17.7 Å². The van der Waals surface area contributed by atoms with Crippen molar-refractivity contribution in [2.75, 3.05) is 39.4 Å². The van der Waals surface area contributed by atoms with Gasteiger partial charge in [0.25, 0.3) is 5.91 Å². The summed E-state index contributed by atoms with van der Waals surface area (Å²) in [5.41, 5.74) is -0.314. The second kappa shape index (κ2) is 10.6. The van der Waals surface area contributed by atoms with Crippen molar-refractivity contribution in [2.24, 2.45) is 5.92 Å². The zero-order chi connectivity index (χ0) is 22.4. The number of benzene rings is 2. The number of nitrogens with zero attached hydrogens (tertiary/aromatic N) is 1. The van der Waals surface area contributed by atoms with E-state index in [1.807, 2.05) is 36.4 Å². The lowest BCUT2D eigenvalue weighted by Gasteiger charge is -2.38. The number of hydrogen-bond acceptors (Lipinski definition) is 5. The Balaban J connectivity index is 1.24. The van der Waals surface area contributed by atoms with Crippen molar-refractivity contribution in [3.8, 4) is 11.5 Å². The Morgan fingerprint density at radius 2 is 1.78 bits per heavy atom. The smallest absolute Gasteiger partial charge is 0.253 e. The van der Waals surface area contributed by atoms with Gasteiger partial charge in [-0.15, -0.1) is 0 Å². The van der Waals surface area contributed by atoms with Crippen LogP contribution in [0.4, 0.5) is 0 Å². The molecular formula is C25H31ClN2O4. The molecule has 2 aliphatic rings. The number of halogens is 1. The minimum atomic E-state index is -0.953. The van der Waals surface area contributed by atoms with E-state index in [0.29, 0.717) is 48.2 Å². The molecule has 172 valence electrons. The highest BCUT2D eigenvalue weighted by Gasteiger charge is 2.35. The number of carbonyl (C=O) groups is 1. The average Bonchev–Trinajstić information content (AvgIpc) is 2.83. The van der Waals surface area contributed by atoms with E-state index in [4.69, 9.17) is 21.1 Å². The van der Waals surface area contributed by atoms with Crippen LogP contribution in [0.3, 0.4) is 0 Å². The lowest BCUT2D eigenvalue weighted by molar-refractivity contribution is -0.0475. The van der Waals surface area contributed by atoms with Gasteiger partial charge in [0.2, 0.25) is 0 Å². The number of likely N-dealkylation sites (tertiary alicyclic amines) is 1. The van der Waals surface area contributed by atoms with Crippen molar-refractivity contribution in [1.29, 1.82) is 0 Å². The molecule has 2 aromatic rings. The normalized spacial score (nSPS) is 18.9. The van der Waals surface area contributed by atoms with Gasteiger partial charge in [-0.25, -0.2) is 0 Å². The fourth-order valence-corrected chi connectivity index (χ4v) is 4.36. The van der Waals surface area contributed by atoms with E-state index >= 15 is 0 Å². The molecular weight excluding hydrogens is 428 g/mol. The highest BCUT2D eigenvalue weighted by atomic mass is 35.5. The number of carbonyl (C=O) groups excluding carboxylic acids is 1. The molecule has 2 fully saturated rings. The van der Waals surface area contributed by atoms with E-state index < -0.39 is 5.60 Å². The largest absolute Gasteiger partial charge is 0.493 e. The molecule has 6 nitrogen and oxygen atoms in total. The molecule has 32 heavy (non-hydrogen) atoms. The molecule has 7 heteroatoms. The first-order chi connectivity index (χ1) is 15.5. The van der Waals surface area contributed by atoms with Gasteiger partial charge in [0, 0.05) is 23.7 Å². The minimum Gasteiger partial charge on any atom is -0.493 e. The van der Waals surface area contributed by atoms with Gasteiger partial charge in [0.1, 0.15) is 23.7 Å². The van der Waals surface area contributed by atoms with Gasteiger partial charge < -0.3 is 24.8 Å². The lowest BCUT2D eigenvalue weighted by Crippen LogP contribution is -2.49. The Hall–Kier alpha value is -2.28. The molecule has 0 aromatic heterocycles. The summed E-state index contributed by atoms with van der Waals surface area (Å²) in [6, 6.07) is 14.5. The number of ether oxygens (including phenoxy) is 2. The summed E-state index contributed by atoms with van der Waals surface area (Å²) in [5.74, 6) is 2.00. The Morgan fingerprint density at radius 3 is 2.47 bits per heavy atom. The summed E-state index contributed by atoms with van der Waals surface area (Å²) < 4.78 is 11.7. The summed E-state index contributed by atoms with van der Waals surface area (Å²) in [7, 11) is 0. The maximum absolute atomic E-state index is 12.9. The third kappa shape index (κ3) is 6.15. The molecule has 4 rings (SSSR count). The van der Waals surface area contributed by atoms with E-state index in [1.54, 1.807) is 17.0 Å². The number of hydrogen-bond donors (Lipinski definition) is 2. The van der Waals surface area contributed by atoms with Gasteiger partial charge in [-0.3, -0.25) is 4.79 Å². The van der Waals surface area contributed by atoms with E-state index in [1.165, 1.54) is 0 Å². The first-order valence-electron chi connectivity index (χ1n) is 11.3. The number of piperidine rings is 2. The second-order valence-corrected chi connectivity index (χ2v) is 9.23. The summed E-state index contributed by atoms with van der Waals surface area (Å²) >= 11 is 5.98. The SMILES string of the molecule is O=C(c1ccc(OCC2CCNCC2)cc1)N1CCC(O)(COc2cccc(Cl)c2)CC1. The van der Waals surface area contributed by atoms with Crippen LogP contribution in [0.2, 0.25) is 5.02 Å². The van der Waals surface area contributed by atoms with Crippen molar-refractivity contribution in [1.82, 2.24) is 10.2 Å².